The maximum absolute atomic E-state index is 5.41. The van der Waals surface area contributed by atoms with Crippen molar-refractivity contribution >= 4 is 0 Å². The molecular formula is C11H16N2. The van der Waals surface area contributed by atoms with E-state index in [1.165, 1.54) is 5.57 Å². The van der Waals surface area contributed by atoms with E-state index in [1.54, 1.807) is 0 Å². The molecule has 0 aliphatic heterocycles. The van der Waals surface area contributed by atoms with Crippen molar-refractivity contribution in [1.82, 2.24) is 4.98 Å². The predicted octanol–water partition coefficient (Wildman–Crippen LogP) is 1.92. The van der Waals surface area contributed by atoms with Crippen LogP contribution in [0.3, 0.4) is 0 Å². The van der Waals surface area contributed by atoms with Crippen molar-refractivity contribution in [2.75, 3.05) is 6.54 Å². The summed E-state index contributed by atoms with van der Waals surface area (Å²) in [6.07, 6.45) is 5.89. The normalized spacial score (nSPS) is 11.7. The summed E-state index contributed by atoms with van der Waals surface area (Å²) in [5, 5.41) is 0. The number of pyridine rings is 1. The fraction of sp³-hybridized carbons (Fsp3) is 0.364. The van der Waals surface area contributed by atoms with Crippen LogP contribution in [0, 0.1) is 0 Å². The fourth-order valence-corrected chi connectivity index (χ4v) is 1.19. The van der Waals surface area contributed by atoms with Crippen molar-refractivity contribution in [1.29, 1.82) is 0 Å². The van der Waals surface area contributed by atoms with Crippen LogP contribution in [0.5, 0.6) is 0 Å². The van der Waals surface area contributed by atoms with E-state index < -0.39 is 0 Å². The highest BCUT2D eigenvalue weighted by Gasteiger charge is 1.93. The quantitative estimate of drug-likeness (QED) is 0.712. The third-order valence-electron chi connectivity index (χ3n) is 1.85. The predicted molar refractivity (Wildman–Crippen MR) is 55.4 cm³/mol. The second kappa shape index (κ2) is 5.49. The van der Waals surface area contributed by atoms with E-state index in [9.17, 15) is 0 Å². The van der Waals surface area contributed by atoms with Gasteiger partial charge >= 0.3 is 0 Å². The minimum Gasteiger partial charge on any atom is -0.330 e. The zero-order chi connectivity index (χ0) is 9.52. The van der Waals surface area contributed by atoms with E-state index in [0.29, 0.717) is 0 Å². The molecule has 2 N–H and O–H groups in total. The molecular weight excluding hydrogens is 160 g/mol. The molecule has 0 aliphatic carbocycles. The minimum atomic E-state index is 0.722. The summed E-state index contributed by atoms with van der Waals surface area (Å²) >= 11 is 0. The van der Waals surface area contributed by atoms with E-state index in [-0.39, 0.29) is 0 Å². The zero-order valence-electron chi connectivity index (χ0n) is 8.03. The lowest BCUT2D eigenvalue weighted by atomic mass is 10.1. The number of hydrogen-bond donors (Lipinski definition) is 1. The number of allylic oxidation sites excluding steroid dienone is 1. The molecule has 1 heterocycles. The van der Waals surface area contributed by atoms with Crippen LogP contribution in [0.4, 0.5) is 0 Å². The van der Waals surface area contributed by atoms with Crippen LogP contribution in [0.25, 0.3) is 0 Å². The van der Waals surface area contributed by atoms with Crippen molar-refractivity contribution in [2.45, 2.75) is 19.8 Å². The summed E-state index contributed by atoms with van der Waals surface area (Å²) in [7, 11) is 0. The van der Waals surface area contributed by atoms with Gasteiger partial charge in [0.25, 0.3) is 0 Å². The summed E-state index contributed by atoms with van der Waals surface area (Å²) in [5.41, 5.74) is 7.87. The van der Waals surface area contributed by atoms with Crippen LogP contribution in [-0.4, -0.2) is 11.5 Å². The number of nitrogens with zero attached hydrogens (tertiary/aromatic N) is 1. The molecule has 0 atom stereocenters. The first-order valence-corrected chi connectivity index (χ1v) is 4.58. The van der Waals surface area contributed by atoms with Crippen LogP contribution in [0.15, 0.2) is 36.0 Å². The van der Waals surface area contributed by atoms with Gasteiger partial charge in [-0.25, -0.2) is 0 Å². The first-order chi connectivity index (χ1) is 6.33. The van der Waals surface area contributed by atoms with Crippen molar-refractivity contribution < 1.29 is 0 Å². The number of rotatable bonds is 4. The van der Waals surface area contributed by atoms with Crippen LogP contribution in [-0.2, 0) is 6.42 Å². The largest absolute Gasteiger partial charge is 0.330 e. The van der Waals surface area contributed by atoms with Gasteiger partial charge in [-0.05, 0) is 32.0 Å². The van der Waals surface area contributed by atoms with E-state index in [2.05, 4.69) is 18.0 Å². The van der Waals surface area contributed by atoms with Crippen LogP contribution in [0.2, 0.25) is 0 Å². The second-order valence-electron chi connectivity index (χ2n) is 3.13. The standard InChI is InChI=1S/C11H16N2/c1-10(5-4-7-12)9-11-6-2-3-8-13-11/h2-3,5-6,8H,4,7,9,12H2,1H3. The van der Waals surface area contributed by atoms with Crippen LogP contribution in [0.1, 0.15) is 19.0 Å². The summed E-state index contributed by atoms with van der Waals surface area (Å²) in [6.45, 7) is 2.84. The second-order valence-corrected chi connectivity index (χ2v) is 3.13. The van der Waals surface area contributed by atoms with E-state index in [0.717, 1.165) is 25.1 Å². The molecule has 1 aromatic heterocycles. The number of aromatic nitrogens is 1. The Balaban J connectivity index is 2.50. The zero-order valence-corrected chi connectivity index (χ0v) is 8.03. The molecule has 0 aliphatic rings. The van der Waals surface area contributed by atoms with Gasteiger partial charge in [0, 0.05) is 18.3 Å². The molecule has 0 saturated heterocycles. The average molecular weight is 176 g/mol. The first kappa shape index (κ1) is 9.93. The van der Waals surface area contributed by atoms with E-state index in [1.807, 2.05) is 24.4 Å². The van der Waals surface area contributed by atoms with E-state index in [4.69, 9.17) is 5.73 Å². The lowest BCUT2D eigenvalue weighted by Gasteiger charge is -1.99. The minimum absolute atomic E-state index is 0.722. The molecule has 0 aromatic carbocycles. The molecule has 1 rings (SSSR count). The highest BCUT2D eigenvalue weighted by atomic mass is 14.7. The molecule has 2 heteroatoms. The van der Waals surface area contributed by atoms with Crippen molar-refractivity contribution in [3.63, 3.8) is 0 Å². The molecule has 0 radical (unpaired) electrons. The molecule has 2 nitrogen and oxygen atoms in total. The summed E-state index contributed by atoms with van der Waals surface area (Å²) in [5.74, 6) is 0. The summed E-state index contributed by atoms with van der Waals surface area (Å²) in [4.78, 5) is 4.25. The van der Waals surface area contributed by atoms with Crippen LogP contribution < -0.4 is 5.73 Å². The Kier molecular flexibility index (Phi) is 4.19. The summed E-state index contributed by atoms with van der Waals surface area (Å²) in [6, 6.07) is 5.99. The Hall–Kier alpha value is -1.15. The van der Waals surface area contributed by atoms with Crippen molar-refractivity contribution in [3.8, 4) is 0 Å². The Bertz CT molecular complexity index is 265. The lowest BCUT2D eigenvalue weighted by Crippen LogP contribution is -1.97. The summed E-state index contributed by atoms with van der Waals surface area (Å²) < 4.78 is 0. The van der Waals surface area contributed by atoms with E-state index >= 15 is 0 Å². The highest BCUT2D eigenvalue weighted by molar-refractivity contribution is 5.13. The molecule has 0 bridgehead atoms. The number of nitrogens with two attached hydrogens (primary N) is 1. The maximum atomic E-state index is 5.41. The van der Waals surface area contributed by atoms with Gasteiger partial charge in [0.2, 0.25) is 0 Å². The van der Waals surface area contributed by atoms with Gasteiger partial charge < -0.3 is 5.73 Å². The molecule has 0 saturated carbocycles. The van der Waals surface area contributed by atoms with Gasteiger partial charge in [-0.15, -0.1) is 0 Å². The van der Waals surface area contributed by atoms with Gasteiger partial charge in [0.15, 0.2) is 0 Å². The molecule has 13 heavy (non-hydrogen) atoms. The molecule has 1 aromatic rings. The van der Waals surface area contributed by atoms with Crippen molar-refractivity contribution in [3.05, 3.63) is 41.7 Å². The third kappa shape index (κ3) is 3.85. The Morgan fingerprint density at radius 1 is 1.54 bits per heavy atom. The SMILES string of the molecule is CC(=CCCN)Cc1ccccn1. The molecule has 0 amide bonds. The van der Waals surface area contributed by atoms with Gasteiger partial charge in [-0.2, -0.15) is 0 Å². The van der Waals surface area contributed by atoms with Gasteiger partial charge in [-0.1, -0.05) is 17.7 Å². The average Bonchev–Trinajstić information content (AvgIpc) is 2.16. The lowest BCUT2D eigenvalue weighted by molar-refractivity contribution is 0.968. The Morgan fingerprint density at radius 3 is 3.00 bits per heavy atom. The maximum Gasteiger partial charge on any atom is 0.0443 e. The van der Waals surface area contributed by atoms with Crippen LogP contribution >= 0.6 is 0 Å². The molecule has 0 spiro atoms. The Labute approximate surface area is 79.5 Å². The highest BCUT2D eigenvalue weighted by Crippen LogP contribution is 2.04. The number of hydrogen-bond acceptors (Lipinski definition) is 2. The smallest absolute Gasteiger partial charge is 0.0443 e. The van der Waals surface area contributed by atoms with Gasteiger partial charge in [-0.3, -0.25) is 4.98 Å². The fourth-order valence-electron chi connectivity index (χ4n) is 1.19. The van der Waals surface area contributed by atoms with Crippen molar-refractivity contribution in [2.24, 2.45) is 5.73 Å². The van der Waals surface area contributed by atoms with Gasteiger partial charge in [0.05, 0.1) is 0 Å². The Morgan fingerprint density at radius 2 is 2.38 bits per heavy atom. The topological polar surface area (TPSA) is 38.9 Å². The molecule has 70 valence electrons. The van der Waals surface area contributed by atoms with Gasteiger partial charge in [0.1, 0.15) is 0 Å². The molecule has 0 fully saturated rings. The molecule has 0 unspecified atom stereocenters. The first-order valence-electron chi connectivity index (χ1n) is 4.58. The monoisotopic (exact) mass is 176 g/mol. The third-order valence-corrected chi connectivity index (χ3v) is 1.85.